The van der Waals surface area contributed by atoms with Crippen LogP contribution in [0, 0.1) is 12.8 Å². The zero-order valence-electron chi connectivity index (χ0n) is 13.6. The lowest BCUT2D eigenvalue weighted by molar-refractivity contribution is -0.00184. The predicted octanol–water partition coefficient (Wildman–Crippen LogP) is 4.64. The van der Waals surface area contributed by atoms with Crippen molar-refractivity contribution in [3.8, 4) is 0 Å². The maximum absolute atomic E-state index is 6.43. The largest absolute Gasteiger partial charge is 0.460 e. The SMILES string of the molecule is CC[C@@H]1Cc2c(oc3ccc(C)cc23)C2CC3CCC2N1C3. The van der Waals surface area contributed by atoms with E-state index in [1.54, 1.807) is 0 Å². The molecule has 3 fully saturated rings. The van der Waals surface area contributed by atoms with E-state index in [1.807, 2.05) is 0 Å². The molecule has 2 heteroatoms. The van der Waals surface area contributed by atoms with Crippen LogP contribution in [-0.2, 0) is 6.42 Å². The van der Waals surface area contributed by atoms with Gasteiger partial charge in [0.25, 0.3) is 0 Å². The summed E-state index contributed by atoms with van der Waals surface area (Å²) in [5, 5.41) is 1.39. The Kier molecular flexibility index (Phi) is 2.76. The fourth-order valence-corrected chi connectivity index (χ4v) is 5.46. The van der Waals surface area contributed by atoms with Gasteiger partial charge in [0.1, 0.15) is 11.3 Å². The summed E-state index contributed by atoms with van der Waals surface area (Å²) >= 11 is 0. The van der Waals surface area contributed by atoms with Crippen LogP contribution in [0.3, 0.4) is 0 Å². The summed E-state index contributed by atoms with van der Waals surface area (Å²) in [6, 6.07) is 8.14. The summed E-state index contributed by atoms with van der Waals surface area (Å²) in [5.41, 5.74) is 3.99. The highest BCUT2D eigenvalue weighted by Crippen LogP contribution is 2.50. The molecular formula is C20H25NO. The lowest BCUT2D eigenvalue weighted by atomic mass is 9.71. The first-order valence-electron chi connectivity index (χ1n) is 9.02. The number of fused-ring (bicyclic) bond motifs is 4. The Morgan fingerprint density at radius 3 is 3.00 bits per heavy atom. The van der Waals surface area contributed by atoms with Crippen molar-refractivity contribution in [3.63, 3.8) is 0 Å². The molecular weight excluding hydrogens is 270 g/mol. The highest BCUT2D eigenvalue weighted by Gasteiger charge is 2.47. The summed E-state index contributed by atoms with van der Waals surface area (Å²) in [7, 11) is 0. The lowest BCUT2D eigenvalue weighted by Crippen LogP contribution is -2.55. The van der Waals surface area contributed by atoms with Crippen molar-refractivity contribution in [3.05, 3.63) is 35.1 Å². The van der Waals surface area contributed by atoms with Crippen molar-refractivity contribution in [2.75, 3.05) is 6.54 Å². The molecule has 4 aliphatic rings. The van der Waals surface area contributed by atoms with Crippen LogP contribution in [0.2, 0.25) is 0 Å². The highest BCUT2D eigenvalue weighted by atomic mass is 16.3. The third-order valence-corrected chi connectivity index (χ3v) is 6.51. The molecule has 3 aliphatic heterocycles. The van der Waals surface area contributed by atoms with Crippen molar-refractivity contribution >= 4 is 11.0 Å². The zero-order valence-corrected chi connectivity index (χ0v) is 13.6. The van der Waals surface area contributed by atoms with Crippen LogP contribution >= 0.6 is 0 Å². The minimum atomic E-state index is 0.645. The molecule has 6 rings (SSSR count). The number of aryl methyl sites for hydroxylation is 1. The number of rotatable bonds is 1. The molecule has 2 aromatic rings. The van der Waals surface area contributed by atoms with Gasteiger partial charge in [0.05, 0.1) is 0 Å². The quantitative estimate of drug-likeness (QED) is 0.762. The Morgan fingerprint density at radius 2 is 2.18 bits per heavy atom. The molecule has 1 aromatic carbocycles. The van der Waals surface area contributed by atoms with E-state index in [9.17, 15) is 0 Å². The van der Waals surface area contributed by atoms with E-state index in [-0.39, 0.29) is 0 Å². The topological polar surface area (TPSA) is 16.4 Å². The molecule has 2 saturated heterocycles. The number of benzene rings is 1. The van der Waals surface area contributed by atoms with E-state index in [4.69, 9.17) is 4.42 Å². The maximum atomic E-state index is 6.43. The summed E-state index contributed by atoms with van der Waals surface area (Å²) < 4.78 is 6.43. The van der Waals surface area contributed by atoms with Gasteiger partial charge in [-0.3, -0.25) is 4.90 Å². The van der Waals surface area contributed by atoms with Gasteiger partial charge in [-0.05, 0) is 57.1 Å². The predicted molar refractivity (Wildman–Crippen MR) is 89.3 cm³/mol. The third-order valence-electron chi connectivity index (χ3n) is 6.51. The molecule has 22 heavy (non-hydrogen) atoms. The summed E-state index contributed by atoms with van der Waals surface area (Å²) in [4.78, 5) is 2.85. The van der Waals surface area contributed by atoms with Crippen LogP contribution in [0.15, 0.2) is 22.6 Å². The van der Waals surface area contributed by atoms with Gasteiger partial charge in [-0.25, -0.2) is 0 Å². The second-order valence-corrected chi connectivity index (χ2v) is 7.76. The molecule has 0 radical (unpaired) electrons. The van der Waals surface area contributed by atoms with Crippen molar-refractivity contribution in [1.82, 2.24) is 4.90 Å². The van der Waals surface area contributed by atoms with Gasteiger partial charge in [-0.15, -0.1) is 0 Å². The fourth-order valence-electron chi connectivity index (χ4n) is 5.46. The Labute approximate surface area is 132 Å². The van der Waals surface area contributed by atoms with E-state index in [1.165, 1.54) is 60.9 Å². The van der Waals surface area contributed by atoms with Gasteiger partial charge in [0.15, 0.2) is 0 Å². The molecule has 0 spiro atoms. The van der Waals surface area contributed by atoms with Crippen LogP contribution in [0.25, 0.3) is 11.0 Å². The minimum absolute atomic E-state index is 0.645. The Balaban J connectivity index is 1.73. The number of hydrogen-bond donors (Lipinski definition) is 0. The standard InChI is InChI=1S/C20H25NO/c1-3-14-10-16-15-8-12(2)4-7-19(15)22-20(16)17-9-13-5-6-18(17)21(14)11-13/h4,7-8,13-14,17-18H,3,5-6,9-11H2,1-2H3/t13?,14-,17?,18?/m1/s1. The molecule has 4 bridgehead atoms. The molecule has 1 saturated carbocycles. The molecule has 0 amide bonds. The first-order valence-corrected chi connectivity index (χ1v) is 9.02. The fraction of sp³-hybridized carbons (Fsp3) is 0.600. The van der Waals surface area contributed by atoms with Crippen molar-refractivity contribution < 1.29 is 4.42 Å². The Hall–Kier alpha value is -1.28. The molecule has 4 heterocycles. The monoisotopic (exact) mass is 295 g/mol. The molecule has 1 aromatic heterocycles. The van der Waals surface area contributed by atoms with E-state index in [2.05, 4.69) is 36.9 Å². The van der Waals surface area contributed by atoms with Crippen molar-refractivity contribution in [2.45, 2.75) is 64.0 Å². The first kappa shape index (κ1) is 13.2. The lowest BCUT2D eigenvalue weighted by Gasteiger charge is -2.51. The van der Waals surface area contributed by atoms with Gasteiger partial charge in [-0.1, -0.05) is 18.6 Å². The van der Waals surface area contributed by atoms with Gasteiger partial charge >= 0.3 is 0 Å². The molecule has 4 unspecified atom stereocenters. The van der Waals surface area contributed by atoms with Gasteiger partial charge in [0, 0.05) is 35.5 Å². The average Bonchev–Trinajstić information content (AvgIpc) is 2.86. The summed E-state index contributed by atoms with van der Waals surface area (Å²) in [5.74, 6) is 2.88. The first-order chi connectivity index (χ1) is 10.7. The summed E-state index contributed by atoms with van der Waals surface area (Å²) in [6.45, 7) is 5.89. The molecule has 0 N–H and O–H groups in total. The summed E-state index contributed by atoms with van der Waals surface area (Å²) in [6.07, 6.45) is 6.60. The highest BCUT2D eigenvalue weighted by molar-refractivity contribution is 5.83. The van der Waals surface area contributed by atoms with Gasteiger partial charge in [-0.2, -0.15) is 0 Å². The van der Waals surface area contributed by atoms with Crippen LogP contribution in [0.5, 0.6) is 0 Å². The van der Waals surface area contributed by atoms with Crippen LogP contribution < -0.4 is 0 Å². The van der Waals surface area contributed by atoms with Crippen LogP contribution in [0.4, 0.5) is 0 Å². The molecule has 5 atom stereocenters. The smallest absolute Gasteiger partial charge is 0.134 e. The van der Waals surface area contributed by atoms with Gasteiger partial charge < -0.3 is 4.42 Å². The Bertz CT molecular complexity index is 731. The number of piperidine rings is 2. The normalized spacial score (nSPS) is 36.4. The van der Waals surface area contributed by atoms with E-state index in [0.717, 1.165) is 17.5 Å². The maximum Gasteiger partial charge on any atom is 0.134 e. The van der Waals surface area contributed by atoms with Gasteiger partial charge in [0.2, 0.25) is 0 Å². The van der Waals surface area contributed by atoms with Crippen LogP contribution in [-0.4, -0.2) is 23.5 Å². The number of hydrogen-bond acceptors (Lipinski definition) is 2. The van der Waals surface area contributed by atoms with Crippen LogP contribution in [0.1, 0.15) is 55.4 Å². The zero-order chi connectivity index (χ0) is 14.8. The molecule has 1 aliphatic carbocycles. The molecule has 116 valence electrons. The second kappa shape index (κ2) is 4.61. The van der Waals surface area contributed by atoms with E-state index in [0.29, 0.717) is 12.0 Å². The second-order valence-electron chi connectivity index (χ2n) is 7.76. The van der Waals surface area contributed by atoms with Crippen molar-refractivity contribution in [2.24, 2.45) is 5.92 Å². The number of nitrogens with zero attached hydrogens (tertiary/aromatic N) is 1. The average molecular weight is 295 g/mol. The number of furan rings is 1. The third kappa shape index (κ3) is 1.70. The molecule has 2 nitrogen and oxygen atoms in total. The van der Waals surface area contributed by atoms with E-state index >= 15 is 0 Å². The van der Waals surface area contributed by atoms with E-state index < -0.39 is 0 Å². The van der Waals surface area contributed by atoms with Crippen molar-refractivity contribution in [1.29, 1.82) is 0 Å². The minimum Gasteiger partial charge on any atom is -0.460 e. The Morgan fingerprint density at radius 1 is 1.27 bits per heavy atom.